The lowest BCUT2D eigenvalue weighted by Gasteiger charge is -2.24. The zero-order valence-electron chi connectivity index (χ0n) is 11.2. The van der Waals surface area contributed by atoms with Gasteiger partial charge in [-0.05, 0) is 44.2 Å². The van der Waals surface area contributed by atoms with Crippen LogP contribution in [-0.4, -0.2) is 11.5 Å². The summed E-state index contributed by atoms with van der Waals surface area (Å²) in [6, 6.07) is 11.6. The van der Waals surface area contributed by atoms with E-state index in [1.165, 1.54) is 0 Å². The first-order valence-corrected chi connectivity index (χ1v) is 6.70. The van der Waals surface area contributed by atoms with E-state index in [2.05, 4.69) is 16.8 Å². The van der Waals surface area contributed by atoms with Gasteiger partial charge in [-0.15, -0.1) is 0 Å². The fraction of sp³-hybridized carbons (Fsp3) is 0.267. The normalized spacial score (nSPS) is 10.5. The van der Waals surface area contributed by atoms with Crippen molar-refractivity contribution >= 4 is 23.0 Å². The van der Waals surface area contributed by atoms with E-state index in [9.17, 15) is 0 Å². The van der Waals surface area contributed by atoms with Crippen molar-refractivity contribution < 1.29 is 0 Å². The molecular formula is C15H18ClN3. The van der Waals surface area contributed by atoms with Crippen LogP contribution in [0.4, 0.5) is 11.4 Å². The van der Waals surface area contributed by atoms with E-state index >= 15 is 0 Å². The van der Waals surface area contributed by atoms with Crippen molar-refractivity contribution in [2.24, 2.45) is 0 Å². The van der Waals surface area contributed by atoms with E-state index in [4.69, 9.17) is 17.3 Å². The molecule has 0 fully saturated rings. The second kappa shape index (κ2) is 5.93. The number of nitrogens with zero attached hydrogens (tertiary/aromatic N) is 2. The van der Waals surface area contributed by atoms with Crippen LogP contribution in [-0.2, 0) is 6.54 Å². The predicted molar refractivity (Wildman–Crippen MR) is 81.6 cm³/mol. The summed E-state index contributed by atoms with van der Waals surface area (Å²) in [5.41, 5.74) is 9.79. The van der Waals surface area contributed by atoms with Crippen LogP contribution in [0.15, 0.2) is 36.4 Å². The van der Waals surface area contributed by atoms with Crippen LogP contribution in [0.1, 0.15) is 18.3 Å². The van der Waals surface area contributed by atoms with Crippen LogP contribution in [0.2, 0.25) is 5.02 Å². The van der Waals surface area contributed by atoms with Crippen molar-refractivity contribution in [3.63, 3.8) is 0 Å². The zero-order valence-corrected chi connectivity index (χ0v) is 12.0. The van der Waals surface area contributed by atoms with Gasteiger partial charge in [-0.2, -0.15) is 0 Å². The van der Waals surface area contributed by atoms with Crippen molar-refractivity contribution in [3.8, 4) is 0 Å². The van der Waals surface area contributed by atoms with Gasteiger partial charge in [0.05, 0.1) is 23.6 Å². The summed E-state index contributed by atoms with van der Waals surface area (Å²) in [7, 11) is 0. The number of halogens is 1. The van der Waals surface area contributed by atoms with E-state index in [0.717, 1.165) is 30.2 Å². The van der Waals surface area contributed by atoms with Gasteiger partial charge < -0.3 is 10.6 Å². The van der Waals surface area contributed by atoms with Gasteiger partial charge in [0.2, 0.25) is 0 Å². The van der Waals surface area contributed by atoms with Gasteiger partial charge in [0, 0.05) is 17.3 Å². The topological polar surface area (TPSA) is 42.2 Å². The molecule has 100 valence electrons. The summed E-state index contributed by atoms with van der Waals surface area (Å²) in [6.07, 6.45) is 0. The molecule has 0 amide bonds. The standard InChI is InChI=1S/C15H18ClN3/c1-3-19(10-13-6-4-5-11(2)18-13)15-8-7-12(16)9-14(15)17/h4-9H,3,10,17H2,1-2H3. The molecule has 19 heavy (non-hydrogen) atoms. The van der Waals surface area contributed by atoms with Crippen LogP contribution < -0.4 is 10.6 Å². The molecule has 4 heteroatoms. The molecule has 2 N–H and O–H groups in total. The number of anilines is 2. The number of aryl methyl sites for hydroxylation is 1. The van der Waals surface area contributed by atoms with Crippen molar-refractivity contribution in [1.29, 1.82) is 0 Å². The third-order valence-electron chi connectivity index (χ3n) is 3.01. The van der Waals surface area contributed by atoms with E-state index in [1.54, 1.807) is 6.07 Å². The number of nitrogens with two attached hydrogens (primary N) is 1. The molecule has 1 aromatic heterocycles. The Morgan fingerprint density at radius 1 is 1.26 bits per heavy atom. The smallest absolute Gasteiger partial charge is 0.0604 e. The summed E-state index contributed by atoms with van der Waals surface area (Å²) in [5.74, 6) is 0. The minimum Gasteiger partial charge on any atom is -0.397 e. The minimum absolute atomic E-state index is 0.658. The first kappa shape index (κ1) is 13.7. The Kier molecular flexibility index (Phi) is 4.27. The Morgan fingerprint density at radius 3 is 2.68 bits per heavy atom. The molecule has 0 aliphatic rings. The van der Waals surface area contributed by atoms with Gasteiger partial charge in [-0.25, -0.2) is 0 Å². The van der Waals surface area contributed by atoms with Crippen LogP contribution in [0.25, 0.3) is 0 Å². The Hall–Kier alpha value is -1.74. The van der Waals surface area contributed by atoms with E-state index in [-0.39, 0.29) is 0 Å². The maximum absolute atomic E-state index is 6.03. The second-order valence-corrected chi connectivity index (χ2v) is 4.92. The monoisotopic (exact) mass is 275 g/mol. The Morgan fingerprint density at radius 2 is 2.05 bits per heavy atom. The van der Waals surface area contributed by atoms with Crippen LogP contribution in [0.3, 0.4) is 0 Å². The maximum atomic E-state index is 6.03. The number of rotatable bonds is 4. The number of nitrogen functional groups attached to an aromatic ring is 1. The average Bonchev–Trinajstić information content (AvgIpc) is 2.37. The number of aromatic nitrogens is 1. The maximum Gasteiger partial charge on any atom is 0.0604 e. The van der Waals surface area contributed by atoms with Crippen molar-refractivity contribution in [1.82, 2.24) is 4.98 Å². The molecule has 0 aliphatic heterocycles. The Labute approximate surface area is 119 Å². The molecule has 0 radical (unpaired) electrons. The molecule has 0 saturated carbocycles. The highest BCUT2D eigenvalue weighted by atomic mass is 35.5. The summed E-state index contributed by atoms with van der Waals surface area (Å²) in [5, 5.41) is 0.658. The zero-order chi connectivity index (χ0) is 13.8. The lowest BCUT2D eigenvalue weighted by molar-refractivity contribution is 0.807. The van der Waals surface area contributed by atoms with Crippen LogP contribution >= 0.6 is 11.6 Å². The fourth-order valence-electron chi connectivity index (χ4n) is 2.06. The predicted octanol–water partition coefficient (Wildman–Crippen LogP) is 3.65. The third kappa shape index (κ3) is 3.38. The first-order chi connectivity index (χ1) is 9.10. The lowest BCUT2D eigenvalue weighted by atomic mass is 10.2. The summed E-state index contributed by atoms with van der Waals surface area (Å²) >= 11 is 5.93. The third-order valence-corrected chi connectivity index (χ3v) is 3.25. The summed E-state index contributed by atoms with van der Waals surface area (Å²) in [4.78, 5) is 6.71. The number of hydrogen-bond donors (Lipinski definition) is 1. The highest BCUT2D eigenvalue weighted by Crippen LogP contribution is 2.27. The highest BCUT2D eigenvalue weighted by Gasteiger charge is 2.10. The number of hydrogen-bond acceptors (Lipinski definition) is 3. The molecular weight excluding hydrogens is 258 g/mol. The molecule has 1 aromatic carbocycles. The van der Waals surface area contributed by atoms with Gasteiger partial charge in [-0.1, -0.05) is 17.7 Å². The Balaban J connectivity index is 2.25. The Bertz CT molecular complexity index is 569. The van der Waals surface area contributed by atoms with Gasteiger partial charge in [0.15, 0.2) is 0 Å². The van der Waals surface area contributed by atoms with Crippen molar-refractivity contribution in [2.75, 3.05) is 17.2 Å². The molecule has 0 spiro atoms. The molecule has 2 aromatic rings. The SMILES string of the molecule is CCN(Cc1cccc(C)n1)c1ccc(Cl)cc1N. The van der Waals surface area contributed by atoms with E-state index in [0.29, 0.717) is 10.7 Å². The second-order valence-electron chi connectivity index (χ2n) is 4.49. The van der Waals surface area contributed by atoms with Crippen molar-refractivity contribution in [3.05, 3.63) is 52.8 Å². The highest BCUT2D eigenvalue weighted by molar-refractivity contribution is 6.31. The molecule has 3 nitrogen and oxygen atoms in total. The summed E-state index contributed by atoms with van der Waals surface area (Å²) in [6.45, 7) is 5.70. The first-order valence-electron chi connectivity index (χ1n) is 6.32. The van der Waals surface area contributed by atoms with Gasteiger partial charge in [0.1, 0.15) is 0 Å². The molecule has 0 unspecified atom stereocenters. The minimum atomic E-state index is 0.658. The van der Waals surface area contributed by atoms with Crippen molar-refractivity contribution in [2.45, 2.75) is 20.4 Å². The molecule has 0 aliphatic carbocycles. The summed E-state index contributed by atoms with van der Waals surface area (Å²) < 4.78 is 0. The average molecular weight is 276 g/mol. The van der Waals surface area contributed by atoms with E-state index in [1.807, 2.05) is 37.3 Å². The molecule has 1 heterocycles. The molecule has 2 rings (SSSR count). The van der Waals surface area contributed by atoms with Gasteiger partial charge in [0.25, 0.3) is 0 Å². The van der Waals surface area contributed by atoms with Gasteiger partial charge >= 0.3 is 0 Å². The van der Waals surface area contributed by atoms with Crippen LogP contribution in [0, 0.1) is 6.92 Å². The quantitative estimate of drug-likeness (QED) is 0.866. The number of benzene rings is 1. The molecule has 0 saturated heterocycles. The number of pyridine rings is 1. The lowest BCUT2D eigenvalue weighted by Crippen LogP contribution is -2.23. The fourth-order valence-corrected chi connectivity index (χ4v) is 2.24. The van der Waals surface area contributed by atoms with E-state index < -0.39 is 0 Å². The molecule has 0 bridgehead atoms. The largest absolute Gasteiger partial charge is 0.397 e. The molecule has 0 atom stereocenters. The van der Waals surface area contributed by atoms with Crippen LogP contribution in [0.5, 0.6) is 0 Å². The van der Waals surface area contributed by atoms with Gasteiger partial charge in [-0.3, -0.25) is 4.98 Å².